The van der Waals surface area contributed by atoms with Gasteiger partial charge in [0.25, 0.3) is 11.6 Å². The van der Waals surface area contributed by atoms with E-state index in [1.807, 2.05) is 0 Å². The minimum absolute atomic E-state index is 0.0153. The number of nitro groups is 1. The molecule has 9 heteroatoms. The Balaban J connectivity index is 1.71. The number of aryl methyl sites for hydroxylation is 1. The first kappa shape index (κ1) is 20.6. The Morgan fingerprint density at radius 1 is 1.10 bits per heavy atom. The number of nitrogens with zero attached hydrogens (tertiary/aromatic N) is 2. The van der Waals surface area contributed by atoms with Crippen molar-refractivity contribution < 1.29 is 23.6 Å². The number of methoxy groups -OCH3 is 2. The zero-order chi connectivity index (χ0) is 21.7. The van der Waals surface area contributed by atoms with Gasteiger partial charge in [0, 0.05) is 29.3 Å². The van der Waals surface area contributed by atoms with E-state index in [2.05, 4.69) is 10.5 Å². The zero-order valence-corrected chi connectivity index (χ0v) is 16.5. The summed E-state index contributed by atoms with van der Waals surface area (Å²) in [5, 5.41) is 14.8. The van der Waals surface area contributed by atoms with Crippen LogP contribution in [0.4, 0.5) is 5.69 Å². The second kappa shape index (κ2) is 8.91. The lowest BCUT2D eigenvalue weighted by Gasteiger charge is -2.07. The summed E-state index contributed by atoms with van der Waals surface area (Å²) in [6.45, 7) is 1.77. The first-order chi connectivity index (χ1) is 14.4. The molecule has 3 aromatic rings. The molecular formula is C21H19N3O6. The molecule has 9 nitrogen and oxygen atoms in total. The minimum atomic E-state index is -0.447. The van der Waals surface area contributed by atoms with E-state index in [1.165, 1.54) is 32.6 Å². The van der Waals surface area contributed by atoms with E-state index < -0.39 is 10.8 Å². The Labute approximate surface area is 172 Å². The fourth-order valence-electron chi connectivity index (χ4n) is 2.76. The van der Waals surface area contributed by atoms with Crippen LogP contribution in [-0.4, -0.2) is 31.3 Å². The lowest BCUT2D eigenvalue weighted by molar-refractivity contribution is -0.384. The van der Waals surface area contributed by atoms with Crippen LogP contribution >= 0.6 is 0 Å². The summed E-state index contributed by atoms with van der Waals surface area (Å²) in [4.78, 5) is 22.7. The van der Waals surface area contributed by atoms with Crippen LogP contribution in [-0.2, 0) is 0 Å². The Morgan fingerprint density at radius 2 is 1.80 bits per heavy atom. The zero-order valence-electron chi connectivity index (χ0n) is 16.5. The number of nitro benzene ring substituents is 1. The third-order valence-corrected chi connectivity index (χ3v) is 4.28. The summed E-state index contributed by atoms with van der Waals surface area (Å²) < 4.78 is 16.0. The summed E-state index contributed by atoms with van der Waals surface area (Å²) in [6, 6.07) is 12.7. The number of hydrazone groups is 1. The summed E-state index contributed by atoms with van der Waals surface area (Å²) in [7, 11) is 2.99. The maximum Gasteiger partial charge on any atom is 0.271 e. The van der Waals surface area contributed by atoms with E-state index in [4.69, 9.17) is 13.9 Å². The molecule has 0 fully saturated rings. The van der Waals surface area contributed by atoms with E-state index in [-0.39, 0.29) is 5.69 Å². The van der Waals surface area contributed by atoms with Gasteiger partial charge in [-0.05, 0) is 42.8 Å². The van der Waals surface area contributed by atoms with Crippen molar-refractivity contribution in [2.45, 2.75) is 6.92 Å². The number of hydrogen-bond donors (Lipinski definition) is 1. The van der Waals surface area contributed by atoms with Crippen LogP contribution in [0, 0.1) is 17.0 Å². The number of ether oxygens (including phenoxy) is 2. The van der Waals surface area contributed by atoms with Crippen molar-refractivity contribution >= 4 is 17.8 Å². The summed E-state index contributed by atoms with van der Waals surface area (Å²) in [5.74, 6) is 1.47. The largest absolute Gasteiger partial charge is 0.497 e. The molecule has 0 atom stereocenters. The fourth-order valence-corrected chi connectivity index (χ4v) is 2.76. The second-order valence-electron chi connectivity index (χ2n) is 6.26. The predicted molar refractivity (Wildman–Crippen MR) is 110 cm³/mol. The van der Waals surface area contributed by atoms with E-state index >= 15 is 0 Å². The third-order valence-electron chi connectivity index (χ3n) is 4.28. The average Bonchev–Trinajstić information content (AvgIpc) is 3.21. The van der Waals surface area contributed by atoms with Gasteiger partial charge in [-0.1, -0.05) is 0 Å². The van der Waals surface area contributed by atoms with E-state index in [0.717, 1.165) is 5.56 Å². The molecule has 2 aromatic carbocycles. The van der Waals surface area contributed by atoms with Crippen molar-refractivity contribution in [2.75, 3.05) is 14.2 Å². The number of amides is 1. The summed E-state index contributed by atoms with van der Waals surface area (Å²) >= 11 is 0. The first-order valence-corrected chi connectivity index (χ1v) is 8.83. The Hall–Kier alpha value is -4.14. The fraction of sp³-hybridized carbons (Fsp3) is 0.143. The van der Waals surface area contributed by atoms with E-state index in [0.29, 0.717) is 34.1 Å². The van der Waals surface area contributed by atoms with Gasteiger partial charge >= 0.3 is 0 Å². The third kappa shape index (κ3) is 4.64. The standard InChI is InChI=1S/C21H19N3O6/c1-13-8-15(24(26)27)4-6-19(13)20-7-5-16(30-20)12-22-23-21(25)14-9-17(28-2)11-18(10-14)29-3/h4-12H,1-3H3,(H,23,25). The van der Waals surface area contributed by atoms with Crippen LogP contribution in [0.3, 0.4) is 0 Å². The molecule has 0 aliphatic heterocycles. The van der Waals surface area contributed by atoms with Gasteiger partial charge in [-0.25, -0.2) is 5.43 Å². The van der Waals surface area contributed by atoms with Crippen molar-refractivity contribution in [3.63, 3.8) is 0 Å². The van der Waals surface area contributed by atoms with Gasteiger partial charge in [-0.15, -0.1) is 0 Å². The molecule has 0 aliphatic rings. The molecule has 0 bridgehead atoms. The van der Waals surface area contributed by atoms with Crippen LogP contribution in [0.2, 0.25) is 0 Å². The van der Waals surface area contributed by atoms with Crippen molar-refractivity contribution in [3.05, 3.63) is 75.5 Å². The Morgan fingerprint density at radius 3 is 2.40 bits per heavy atom. The normalized spacial score (nSPS) is 10.8. The highest BCUT2D eigenvalue weighted by Crippen LogP contribution is 2.28. The van der Waals surface area contributed by atoms with Gasteiger partial charge < -0.3 is 13.9 Å². The molecule has 0 radical (unpaired) electrons. The molecule has 0 saturated carbocycles. The molecule has 0 spiro atoms. The van der Waals surface area contributed by atoms with E-state index in [9.17, 15) is 14.9 Å². The monoisotopic (exact) mass is 409 g/mol. The van der Waals surface area contributed by atoms with Crippen LogP contribution in [0.1, 0.15) is 21.7 Å². The minimum Gasteiger partial charge on any atom is -0.497 e. The molecule has 30 heavy (non-hydrogen) atoms. The molecule has 154 valence electrons. The van der Waals surface area contributed by atoms with Crippen LogP contribution < -0.4 is 14.9 Å². The Kier molecular flexibility index (Phi) is 6.11. The molecule has 0 saturated heterocycles. The quantitative estimate of drug-likeness (QED) is 0.359. The van der Waals surface area contributed by atoms with Crippen LogP contribution in [0.5, 0.6) is 11.5 Å². The maximum atomic E-state index is 12.3. The van der Waals surface area contributed by atoms with Crippen molar-refractivity contribution in [1.82, 2.24) is 5.43 Å². The molecule has 1 aromatic heterocycles. The van der Waals surface area contributed by atoms with Crippen molar-refractivity contribution in [2.24, 2.45) is 5.10 Å². The van der Waals surface area contributed by atoms with Crippen LogP contribution in [0.25, 0.3) is 11.3 Å². The number of benzene rings is 2. The molecule has 1 heterocycles. The SMILES string of the molecule is COc1cc(OC)cc(C(=O)NN=Cc2ccc(-c3ccc([N+](=O)[O-])cc3C)o2)c1. The van der Waals surface area contributed by atoms with Gasteiger partial charge in [0.2, 0.25) is 0 Å². The maximum absolute atomic E-state index is 12.3. The second-order valence-corrected chi connectivity index (χ2v) is 6.26. The Bertz CT molecular complexity index is 1100. The molecular weight excluding hydrogens is 390 g/mol. The average molecular weight is 409 g/mol. The van der Waals surface area contributed by atoms with Crippen molar-refractivity contribution in [1.29, 1.82) is 0 Å². The van der Waals surface area contributed by atoms with Gasteiger partial charge in [-0.2, -0.15) is 5.10 Å². The molecule has 3 rings (SSSR count). The highest BCUT2D eigenvalue weighted by atomic mass is 16.6. The summed E-state index contributed by atoms with van der Waals surface area (Å²) in [5.41, 5.74) is 4.19. The lowest BCUT2D eigenvalue weighted by Crippen LogP contribution is -2.17. The number of rotatable bonds is 7. The molecule has 0 unspecified atom stereocenters. The van der Waals surface area contributed by atoms with Crippen LogP contribution in [0.15, 0.2) is 58.0 Å². The molecule has 0 aliphatic carbocycles. The van der Waals surface area contributed by atoms with Crippen molar-refractivity contribution in [3.8, 4) is 22.8 Å². The molecule has 1 N–H and O–H groups in total. The number of nitrogens with one attached hydrogen (secondary N) is 1. The number of hydrogen-bond acceptors (Lipinski definition) is 7. The van der Waals surface area contributed by atoms with E-state index in [1.54, 1.807) is 43.3 Å². The van der Waals surface area contributed by atoms with Gasteiger partial charge in [0.05, 0.1) is 25.4 Å². The number of furan rings is 1. The topological polar surface area (TPSA) is 116 Å². The number of non-ortho nitro benzene ring substituents is 1. The van der Waals surface area contributed by atoms with Gasteiger partial charge in [0.15, 0.2) is 0 Å². The summed E-state index contributed by atoms with van der Waals surface area (Å²) in [6.07, 6.45) is 1.36. The number of carbonyl (C=O) groups excluding carboxylic acids is 1. The smallest absolute Gasteiger partial charge is 0.271 e. The van der Waals surface area contributed by atoms with Gasteiger partial charge in [0.1, 0.15) is 23.0 Å². The number of carbonyl (C=O) groups is 1. The first-order valence-electron chi connectivity index (χ1n) is 8.83. The van der Waals surface area contributed by atoms with Gasteiger partial charge in [-0.3, -0.25) is 14.9 Å². The highest BCUT2D eigenvalue weighted by molar-refractivity contribution is 5.95. The lowest BCUT2D eigenvalue weighted by atomic mass is 10.1. The highest BCUT2D eigenvalue weighted by Gasteiger charge is 2.12. The molecule has 1 amide bonds. The predicted octanol–water partition coefficient (Wildman–Crippen LogP) is 3.94.